The minimum atomic E-state index is -0.347. The molecule has 4 rings (SSSR count). The summed E-state index contributed by atoms with van der Waals surface area (Å²) in [6, 6.07) is 20.6. The molecule has 5 heteroatoms. The van der Waals surface area contributed by atoms with E-state index in [0.29, 0.717) is 23.5 Å². The highest BCUT2D eigenvalue weighted by Gasteiger charge is 2.07. The number of rotatable bonds is 6. The van der Waals surface area contributed by atoms with Gasteiger partial charge in [-0.3, -0.25) is 4.79 Å². The highest BCUT2D eigenvalue weighted by atomic mass is 32.1. The Morgan fingerprint density at radius 3 is 2.47 bits per heavy atom. The van der Waals surface area contributed by atoms with Crippen LogP contribution in [0.3, 0.4) is 0 Å². The Morgan fingerprint density at radius 1 is 0.933 bits per heavy atom. The molecule has 0 radical (unpaired) electrons. The third-order valence-electron chi connectivity index (χ3n) is 4.53. The Morgan fingerprint density at radius 2 is 1.67 bits per heavy atom. The van der Waals surface area contributed by atoms with E-state index in [-0.39, 0.29) is 11.4 Å². The Hall–Kier alpha value is -3.44. The first-order valence-electron chi connectivity index (χ1n) is 9.72. The Labute approximate surface area is 178 Å². The molecule has 4 aromatic rings. The lowest BCUT2D eigenvalue weighted by atomic mass is 10.2. The van der Waals surface area contributed by atoms with Crippen molar-refractivity contribution >= 4 is 43.6 Å². The van der Waals surface area contributed by atoms with Crippen molar-refractivity contribution < 1.29 is 14.3 Å². The SMILES string of the molecule is CCCOC(=O)/C=C\c1ccc(Oc2ccc3c(=O)c4ccccc4sc3c2)cc1. The average Bonchev–Trinajstić information content (AvgIpc) is 2.77. The molecule has 0 fully saturated rings. The van der Waals surface area contributed by atoms with Gasteiger partial charge in [0.1, 0.15) is 11.5 Å². The fraction of sp³-hybridized carbons (Fsp3) is 0.120. The lowest BCUT2D eigenvalue weighted by Crippen LogP contribution is -2.00. The smallest absolute Gasteiger partial charge is 0.330 e. The molecule has 0 spiro atoms. The van der Waals surface area contributed by atoms with Crippen molar-refractivity contribution in [2.45, 2.75) is 13.3 Å². The van der Waals surface area contributed by atoms with Gasteiger partial charge in [-0.2, -0.15) is 0 Å². The van der Waals surface area contributed by atoms with E-state index in [1.807, 2.05) is 73.7 Å². The van der Waals surface area contributed by atoms with Crippen molar-refractivity contribution in [3.05, 3.63) is 88.6 Å². The largest absolute Gasteiger partial charge is 0.463 e. The first-order valence-corrected chi connectivity index (χ1v) is 10.5. The Kier molecular flexibility index (Phi) is 5.91. The van der Waals surface area contributed by atoms with Gasteiger partial charge < -0.3 is 9.47 Å². The maximum absolute atomic E-state index is 12.7. The first kappa shape index (κ1) is 19.9. The summed E-state index contributed by atoms with van der Waals surface area (Å²) < 4.78 is 12.8. The molecule has 0 aliphatic heterocycles. The molecule has 0 amide bonds. The van der Waals surface area contributed by atoms with Crippen LogP contribution in [0.1, 0.15) is 18.9 Å². The summed E-state index contributed by atoms with van der Waals surface area (Å²) in [5.41, 5.74) is 0.915. The monoisotopic (exact) mass is 416 g/mol. The lowest BCUT2D eigenvalue weighted by Gasteiger charge is -2.07. The molecule has 0 unspecified atom stereocenters. The molecule has 4 nitrogen and oxygen atoms in total. The molecule has 0 N–H and O–H groups in total. The first-order chi connectivity index (χ1) is 14.6. The quantitative estimate of drug-likeness (QED) is 0.214. The van der Waals surface area contributed by atoms with Crippen molar-refractivity contribution in [2.75, 3.05) is 6.61 Å². The highest BCUT2D eigenvalue weighted by Crippen LogP contribution is 2.30. The van der Waals surface area contributed by atoms with Crippen molar-refractivity contribution in [3.8, 4) is 11.5 Å². The number of benzene rings is 3. The lowest BCUT2D eigenvalue weighted by molar-refractivity contribution is -0.137. The van der Waals surface area contributed by atoms with Crippen LogP contribution in [-0.4, -0.2) is 12.6 Å². The zero-order valence-corrected chi connectivity index (χ0v) is 17.3. The standard InChI is InChI=1S/C25H20O4S/c1-2-15-28-24(26)14-9-17-7-10-18(11-8-17)29-19-12-13-21-23(16-19)30-22-6-4-3-5-20(22)25(21)27/h3-14,16H,2,15H2,1H3/b14-9-. The summed E-state index contributed by atoms with van der Waals surface area (Å²) in [7, 11) is 0. The van der Waals surface area contributed by atoms with Gasteiger partial charge in [0.15, 0.2) is 5.43 Å². The Balaban J connectivity index is 1.52. The minimum absolute atomic E-state index is 0.0412. The van der Waals surface area contributed by atoms with Gasteiger partial charge in [0.05, 0.1) is 6.61 Å². The minimum Gasteiger partial charge on any atom is -0.463 e. The maximum atomic E-state index is 12.7. The zero-order valence-electron chi connectivity index (χ0n) is 16.5. The summed E-state index contributed by atoms with van der Waals surface area (Å²) in [4.78, 5) is 24.2. The van der Waals surface area contributed by atoms with E-state index in [0.717, 1.165) is 26.8 Å². The molecule has 0 atom stereocenters. The maximum Gasteiger partial charge on any atom is 0.330 e. The van der Waals surface area contributed by atoms with Crippen LogP contribution in [0.25, 0.3) is 26.2 Å². The van der Waals surface area contributed by atoms with Gasteiger partial charge >= 0.3 is 5.97 Å². The summed E-state index contributed by atoms with van der Waals surface area (Å²) in [5, 5.41) is 1.44. The second kappa shape index (κ2) is 8.93. The van der Waals surface area contributed by atoms with Crippen molar-refractivity contribution in [1.82, 2.24) is 0 Å². The van der Waals surface area contributed by atoms with Crippen LogP contribution >= 0.6 is 11.3 Å². The van der Waals surface area contributed by atoms with Gasteiger partial charge in [0.25, 0.3) is 0 Å². The van der Waals surface area contributed by atoms with E-state index in [4.69, 9.17) is 9.47 Å². The fourth-order valence-electron chi connectivity index (χ4n) is 3.04. The molecule has 0 aliphatic carbocycles. The number of esters is 1. The van der Waals surface area contributed by atoms with Gasteiger partial charge in [-0.05, 0) is 60.5 Å². The highest BCUT2D eigenvalue weighted by molar-refractivity contribution is 7.24. The van der Waals surface area contributed by atoms with E-state index in [9.17, 15) is 9.59 Å². The summed E-state index contributed by atoms with van der Waals surface area (Å²) in [6.07, 6.45) is 3.93. The van der Waals surface area contributed by atoms with E-state index in [1.165, 1.54) is 6.08 Å². The Bertz CT molecular complexity index is 1290. The third kappa shape index (κ3) is 4.42. The second-order valence-electron chi connectivity index (χ2n) is 6.76. The molecule has 150 valence electrons. The molecule has 0 saturated carbocycles. The summed E-state index contributed by atoms with van der Waals surface area (Å²) in [5.74, 6) is 0.993. The van der Waals surface area contributed by atoms with Crippen molar-refractivity contribution in [1.29, 1.82) is 0 Å². The van der Waals surface area contributed by atoms with E-state index in [2.05, 4.69) is 0 Å². The van der Waals surface area contributed by atoms with Gasteiger partial charge in [0, 0.05) is 26.2 Å². The number of fused-ring (bicyclic) bond motifs is 2. The van der Waals surface area contributed by atoms with E-state index in [1.54, 1.807) is 17.4 Å². The number of ether oxygens (including phenoxy) is 2. The molecule has 0 saturated heterocycles. The summed E-state index contributed by atoms with van der Waals surface area (Å²) >= 11 is 1.57. The molecular formula is C25H20O4S. The number of hydrogen-bond donors (Lipinski definition) is 0. The molecule has 0 aliphatic rings. The van der Waals surface area contributed by atoms with Crippen LogP contribution in [0.4, 0.5) is 0 Å². The van der Waals surface area contributed by atoms with Gasteiger partial charge in [-0.25, -0.2) is 4.79 Å². The number of hydrogen-bond acceptors (Lipinski definition) is 5. The molecular weight excluding hydrogens is 396 g/mol. The summed E-state index contributed by atoms with van der Waals surface area (Å²) in [6.45, 7) is 2.37. The predicted molar refractivity (Wildman–Crippen MR) is 122 cm³/mol. The van der Waals surface area contributed by atoms with E-state index >= 15 is 0 Å². The van der Waals surface area contributed by atoms with Crippen LogP contribution in [0.15, 0.2) is 77.6 Å². The van der Waals surface area contributed by atoms with Crippen molar-refractivity contribution in [2.24, 2.45) is 0 Å². The van der Waals surface area contributed by atoms with Crippen LogP contribution < -0.4 is 10.2 Å². The predicted octanol–water partition coefficient (Wildman–Crippen LogP) is 6.17. The van der Waals surface area contributed by atoms with E-state index < -0.39 is 0 Å². The average molecular weight is 416 g/mol. The second-order valence-corrected chi connectivity index (χ2v) is 7.84. The van der Waals surface area contributed by atoms with Gasteiger partial charge in [0.2, 0.25) is 0 Å². The van der Waals surface area contributed by atoms with Crippen LogP contribution in [0.2, 0.25) is 0 Å². The number of carbonyl (C=O) groups is 1. The molecule has 0 bridgehead atoms. The molecule has 30 heavy (non-hydrogen) atoms. The molecule has 3 aromatic carbocycles. The molecule has 1 aromatic heterocycles. The van der Waals surface area contributed by atoms with Crippen molar-refractivity contribution in [3.63, 3.8) is 0 Å². The van der Waals surface area contributed by atoms with Crippen LogP contribution in [-0.2, 0) is 9.53 Å². The topological polar surface area (TPSA) is 52.6 Å². The fourth-order valence-corrected chi connectivity index (χ4v) is 4.14. The molecule has 1 heterocycles. The normalized spacial score (nSPS) is 11.2. The van der Waals surface area contributed by atoms with Gasteiger partial charge in [-0.15, -0.1) is 11.3 Å². The zero-order chi connectivity index (χ0) is 20.9. The van der Waals surface area contributed by atoms with Gasteiger partial charge in [-0.1, -0.05) is 31.2 Å². The van der Waals surface area contributed by atoms with Crippen LogP contribution in [0, 0.1) is 0 Å². The van der Waals surface area contributed by atoms with Crippen LogP contribution in [0.5, 0.6) is 11.5 Å². The third-order valence-corrected chi connectivity index (χ3v) is 5.66. The number of carbonyl (C=O) groups excluding carboxylic acids is 1.